The number of rotatable bonds is 3. The Bertz CT molecular complexity index is 261. The Balaban J connectivity index is 2.09. The molecule has 0 aliphatic heterocycles. The van der Waals surface area contributed by atoms with Gasteiger partial charge in [0.2, 0.25) is 0 Å². The van der Waals surface area contributed by atoms with E-state index in [1.165, 1.54) is 0 Å². The predicted octanol–water partition coefficient (Wildman–Crippen LogP) is 0.905. The highest BCUT2D eigenvalue weighted by Gasteiger charge is 2.54. The molecule has 0 saturated heterocycles. The number of hydrogen-bond acceptors (Lipinski definition) is 3. The molecule has 0 spiro atoms. The molecule has 0 aromatic carbocycles. The van der Waals surface area contributed by atoms with Crippen molar-refractivity contribution in [1.82, 2.24) is 0 Å². The van der Waals surface area contributed by atoms with Crippen LogP contribution in [0.4, 0.5) is 0 Å². The molecule has 2 bridgehead atoms. The summed E-state index contributed by atoms with van der Waals surface area (Å²) in [4.78, 5) is 21.2. The van der Waals surface area contributed by atoms with Gasteiger partial charge in [0.25, 0.3) is 6.47 Å². The van der Waals surface area contributed by atoms with Gasteiger partial charge in [0.15, 0.2) is 0 Å². The van der Waals surface area contributed by atoms with E-state index < -0.39 is 5.97 Å². The van der Waals surface area contributed by atoms with Crippen molar-refractivity contribution >= 4 is 12.4 Å². The Morgan fingerprint density at radius 2 is 2.21 bits per heavy atom. The quantitative estimate of drug-likeness (QED) is 0.684. The number of ether oxygens (including phenoxy) is 1. The van der Waals surface area contributed by atoms with Gasteiger partial charge >= 0.3 is 5.97 Å². The molecule has 0 amide bonds. The van der Waals surface area contributed by atoms with E-state index in [0.717, 1.165) is 12.8 Å². The van der Waals surface area contributed by atoms with Crippen LogP contribution < -0.4 is 0 Å². The molecule has 1 N–H and O–H groups in total. The van der Waals surface area contributed by atoms with Crippen LogP contribution in [0.2, 0.25) is 0 Å². The van der Waals surface area contributed by atoms with Crippen molar-refractivity contribution in [2.24, 2.45) is 23.7 Å². The molecular formula is C10H14O4. The zero-order valence-corrected chi connectivity index (χ0v) is 8.05. The summed E-state index contributed by atoms with van der Waals surface area (Å²) in [5.41, 5.74) is 0. The number of carboxylic acids is 1. The number of carbonyl (C=O) groups excluding carboxylic acids is 1. The maximum atomic E-state index is 11.0. The molecule has 2 fully saturated rings. The topological polar surface area (TPSA) is 63.6 Å². The van der Waals surface area contributed by atoms with E-state index >= 15 is 0 Å². The van der Waals surface area contributed by atoms with Gasteiger partial charge in [-0.1, -0.05) is 6.92 Å². The standard InChI is InChI=1S/C10H14O4/c1-5-7-2-6(9(5)10(12)13)3-8(7)14-4-11/h4-9H,2-3H2,1H3,(H,12,13). The summed E-state index contributed by atoms with van der Waals surface area (Å²) in [6.45, 7) is 2.43. The van der Waals surface area contributed by atoms with E-state index in [1.54, 1.807) is 0 Å². The van der Waals surface area contributed by atoms with Gasteiger partial charge in [0.1, 0.15) is 6.10 Å². The Morgan fingerprint density at radius 3 is 2.71 bits per heavy atom. The van der Waals surface area contributed by atoms with Crippen molar-refractivity contribution < 1.29 is 19.4 Å². The molecule has 78 valence electrons. The molecule has 2 saturated carbocycles. The van der Waals surface area contributed by atoms with E-state index in [-0.39, 0.29) is 29.8 Å². The molecule has 14 heavy (non-hydrogen) atoms. The lowest BCUT2D eigenvalue weighted by atomic mass is 9.79. The third kappa shape index (κ3) is 1.21. The fourth-order valence-corrected chi connectivity index (χ4v) is 3.27. The van der Waals surface area contributed by atoms with Crippen molar-refractivity contribution in [3.63, 3.8) is 0 Å². The van der Waals surface area contributed by atoms with Crippen LogP contribution in [0.3, 0.4) is 0 Å². The molecule has 5 atom stereocenters. The fraction of sp³-hybridized carbons (Fsp3) is 0.800. The normalized spacial score (nSPS) is 45.1. The summed E-state index contributed by atoms with van der Waals surface area (Å²) in [5, 5.41) is 9.01. The number of carbonyl (C=O) groups is 2. The van der Waals surface area contributed by atoms with Crippen LogP contribution in [0.5, 0.6) is 0 Å². The second-order valence-electron chi connectivity index (χ2n) is 4.39. The third-order valence-corrected chi connectivity index (χ3v) is 3.85. The first-order valence-electron chi connectivity index (χ1n) is 4.97. The Morgan fingerprint density at radius 1 is 1.50 bits per heavy atom. The summed E-state index contributed by atoms with van der Waals surface area (Å²) in [6, 6.07) is 0. The molecule has 0 aromatic heterocycles. The average Bonchev–Trinajstić information content (AvgIpc) is 2.61. The van der Waals surface area contributed by atoms with Gasteiger partial charge in [-0.25, -0.2) is 0 Å². The highest BCUT2D eigenvalue weighted by Crippen LogP contribution is 2.53. The van der Waals surface area contributed by atoms with Crippen LogP contribution in [-0.2, 0) is 14.3 Å². The lowest BCUT2D eigenvalue weighted by Crippen LogP contribution is -2.35. The van der Waals surface area contributed by atoms with E-state index in [4.69, 9.17) is 9.84 Å². The number of hydrogen-bond donors (Lipinski definition) is 1. The molecule has 2 rings (SSSR count). The van der Waals surface area contributed by atoms with Gasteiger partial charge in [-0.05, 0) is 30.6 Å². The minimum Gasteiger partial charge on any atom is -0.481 e. The van der Waals surface area contributed by atoms with Gasteiger partial charge in [-0.15, -0.1) is 0 Å². The molecule has 4 heteroatoms. The van der Waals surface area contributed by atoms with Gasteiger partial charge in [0, 0.05) is 0 Å². The van der Waals surface area contributed by atoms with Crippen LogP contribution in [0.15, 0.2) is 0 Å². The molecule has 0 aromatic rings. The Kier molecular flexibility index (Phi) is 2.21. The highest BCUT2D eigenvalue weighted by molar-refractivity contribution is 5.71. The van der Waals surface area contributed by atoms with Crippen molar-refractivity contribution in [3.05, 3.63) is 0 Å². The van der Waals surface area contributed by atoms with Gasteiger partial charge in [-0.2, -0.15) is 0 Å². The SMILES string of the molecule is CC1C2CC(CC2OC=O)C1C(=O)O. The molecular weight excluding hydrogens is 184 g/mol. The molecule has 2 aliphatic rings. The van der Waals surface area contributed by atoms with Crippen molar-refractivity contribution in [3.8, 4) is 0 Å². The molecule has 4 nitrogen and oxygen atoms in total. The van der Waals surface area contributed by atoms with E-state index in [9.17, 15) is 9.59 Å². The number of carboxylic acid groups (broad SMARTS) is 1. The van der Waals surface area contributed by atoms with Crippen molar-refractivity contribution in [1.29, 1.82) is 0 Å². The Hall–Kier alpha value is -1.06. The van der Waals surface area contributed by atoms with Crippen LogP contribution in [0, 0.1) is 23.7 Å². The molecule has 0 heterocycles. The van der Waals surface area contributed by atoms with Crippen LogP contribution in [-0.4, -0.2) is 23.7 Å². The molecule has 5 unspecified atom stereocenters. The number of fused-ring (bicyclic) bond motifs is 2. The smallest absolute Gasteiger partial charge is 0.307 e. The first kappa shape index (κ1) is 9.49. The van der Waals surface area contributed by atoms with Crippen molar-refractivity contribution in [2.45, 2.75) is 25.9 Å². The molecule has 2 aliphatic carbocycles. The molecule has 0 radical (unpaired) electrons. The minimum atomic E-state index is -0.699. The van der Waals surface area contributed by atoms with Gasteiger partial charge in [-0.3, -0.25) is 9.59 Å². The summed E-state index contributed by atoms with van der Waals surface area (Å²) < 4.78 is 4.96. The van der Waals surface area contributed by atoms with Crippen LogP contribution in [0.25, 0.3) is 0 Å². The van der Waals surface area contributed by atoms with E-state index in [0.29, 0.717) is 6.47 Å². The monoisotopic (exact) mass is 198 g/mol. The largest absolute Gasteiger partial charge is 0.481 e. The highest BCUT2D eigenvalue weighted by atomic mass is 16.5. The predicted molar refractivity (Wildman–Crippen MR) is 47.4 cm³/mol. The maximum absolute atomic E-state index is 11.0. The van der Waals surface area contributed by atoms with Crippen molar-refractivity contribution in [2.75, 3.05) is 0 Å². The zero-order chi connectivity index (χ0) is 10.3. The summed E-state index contributed by atoms with van der Waals surface area (Å²) in [7, 11) is 0. The summed E-state index contributed by atoms with van der Waals surface area (Å²) >= 11 is 0. The second kappa shape index (κ2) is 3.26. The lowest BCUT2D eigenvalue weighted by molar-refractivity contribution is -0.148. The lowest BCUT2D eigenvalue weighted by Gasteiger charge is -2.29. The first-order valence-corrected chi connectivity index (χ1v) is 4.97. The van der Waals surface area contributed by atoms with Gasteiger partial charge in [0.05, 0.1) is 5.92 Å². The van der Waals surface area contributed by atoms with Crippen LogP contribution >= 0.6 is 0 Å². The number of aliphatic carboxylic acids is 1. The summed E-state index contributed by atoms with van der Waals surface area (Å²) in [6.07, 6.45) is 1.59. The third-order valence-electron chi connectivity index (χ3n) is 3.85. The fourth-order valence-electron chi connectivity index (χ4n) is 3.27. The van der Waals surface area contributed by atoms with Crippen LogP contribution in [0.1, 0.15) is 19.8 Å². The van der Waals surface area contributed by atoms with Gasteiger partial charge < -0.3 is 9.84 Å². The van der Waals surface area contributed by atoms with E-state index in [2.05, 4.69) is 0 Å². The first-order chi connectivity index (χ1) is 6.65. The zero-order valence-electron chi connectivity index (χ0n) is 8.05. The minimum absolute atomic E-state index is 0.0388. The average molecular weight is 198 g/mol. The van der Waals surface area contributed by atoms with E-state index in [1.807, 2.05) is 6.92 Å². The maximum Gasteiger partial charge on any atom is 0.307 e. The summed E-state index contributed by atoms with van der Waals surface area (Å²) in [5.74, 6) is -0.332. The second-order valence-corrected chi connectivity index (χ2v) is 4.39. The Labute approximate surface area is 82.2 Å².